The Morgan fingerprint density at radius 3 is 1.30 bits per heavy atom. The van der Waals surface area contributed by atoms with Crippen molar-refractivity contribution in [3.8, 4) is 0 Å². The monoisotopic (exact) mass is 487 g/mol. The Morgan fingerprint density at radius 2 is 1.00 bits per heavy atom. The Hall–Kier alpha value is -0.980. The van der Waals surface area contributed by atoms with Crippen molar-refractivity contribution >= 4 is 10.1 Å². The molecule has 0 spiro atoms. The van der Waals surface area contributed by atoms with Crippen molar-refractivity contribution in [2.45, 2.75) is 115 Å². The third-order valence-corrected chi connectivity index (χ3v) is 6.63. The standard InChI is InChI=1S/C21H46N.C6H5FO3S/c1-5-6-7-8-9-10-11-12-13-14-15-16-17-18-19-20-21-22(2,3)4;7-5-1-3-6(4-2-5)11(8,9)10/h5-21H2,1-4H3;1-4H,(H,8,9,10)/q+1;/p-1. The van der Waals surface area contributed by atoms with E-state index in [1.54, 1.807) is 0 Å². The molecular weight excluding hydrogens is 437 g/mol. The lowest BCUT2D eigenvalue weighted by molar-refractivity contribution is -0.870. The Kier molecular flexibility index (Phi) is 18.8. The normalized spacial score (nSPS) is 11.8. The maximum atomic E-state index is 12.2. The molecule has 1 aromatic rings. The predicted octanol–water partition coefficient (Wildman–Crippen LogP) is 7.68. The fraction of sp³-hybridized carbons (Fsp3) is 0.778. The van der Waals surface area contributed by atoms with Crippen LogP contribution in [0.4, 0.5) is 4.39 Å². The molecule has 0 aromatic heterocycles. The molecule has 0 aliphatic heterocycles. The van der Waals surface area contributed by atoms with Crippen molar-refractivity contribution in [2.24, 2.45) is 0 Å². The summed E-state index contributed by atoms with van der Waals surface area (Å²) in [6, 6.07) is 3.70. The third-order valence-electron chi connectivity index (χ3n) is 5.78. The van der Waals surface area contributed by atoms with Gasteiger partial charge in [-0.1, -0.05) is 96.8 Å². The fourth-order valence-corrected chi connectivity index (χ4v) is 4.20. The second-order valence-electron chi connectivity index (χ2n) is 10.2. The highest BCUT2D eigenvalue weighted by Gasteiger charge is 2.05. The van der Waals surface area contributed by atoms with Gasteiger partial charge in [0, 0.05) is 0 Å². The van der Waals surface area contributed by atoms with Gasteiger partial charge in [-0.15, -0.1) is 0 Å². The zero-order valence-corrected chi connectivity index (χ0v) is 22.6. The van der Waals surface area contributed by atoms with Gasteiger partial charge in [-0.3, -0.25) is 0 Å². The van der Waals surface area contributed by atoms with Crippen LogP contribution in [-0.2, 0) is 10.1 Å². The van der Waals surface area contributed by atoms with E-state index in [0.29, 0.717) is 0 Å². The van der Waals surface area contributed by atoms with E-state index < -0.39 is 20.8 Å². The van der Waals surface area contributed by atoms with Gasteiger partial charge in [-0.05, 0) is 37.1 Å². The second kappa shape index (κ2) is 19.3. The topological polar surface area (TPSA) is 57.2 Å². The molecule has 0 N–H and O–H groups in total. The minimum absolute atomic E-state index is 0.418. The van der Waals surface area contributed by atoms with Crippen LogP contribution in [0.25, 0.3) is 0 Å². The molecule has 6 heteroatoms. The second-order valence-corrected chi connectivity index (χ2v) is 11.6. The molecule has 0 atom stereocenters. The number of nitrogens with zero attached hydrogens (tertiary/aromatic N) is 1. The molecule has 33 heavy (non-hydrogen) atoms. The number of quaternary nitrogens is 1. The number of benzene rings is 1. The van der Waals surface area contributed by atoms with Gasteiger partial charge < -0.3 is 9.04 Å². The van der Waals surface area contributed by atoms with E-state index in [4.69, 9.17) is 0 Å². The van der Waals surface area contributed by atoms with Crippen LogP contribution in [0.2, 0.25) is 0 Å². The maximum Gasteiger partial charge on any atom is 0.124 e. The lowest BCUT2D eigenvalue weighted by Crippen LogP contribution is -2.35. The highest BCUT2D eigenvalue weighted by Crippen LogP contribution is 2.14. The van der Waals surface area contributed by atoms with Crippen molar-refractivity contribution in [1.82, 2.24) is 0 Å². The summed E-state index contributed by atoms with van der Waals surface area (Å²) >= 11 is 0. The summed E-state index contributed by atoms with van der Waals surface area (Å²) in [5, 5.41) is 0. The van der Waals surface area contributed by atoms with E-state index in [0.717, 1.165) is 28.7 Å². The Balaban J connectivity index is 0.000000771. The zero-order chi connectivity index (χ0) is 25.0. The smallest absolute Gasteiger partial charge is 0.124 e. The summed E-state index contributed by atoms with van der Waals surface area (Å²) in [4.78, 5) is -0.418. The molecule has 0 unspecified atom stereocenters. The summed E-state index contributed by atoms with van der Waals surface area (Å²) in [6.45, 7) is 3.63. The van der Waals surface area contributed by atoms with Crippen LogP contribution in [0.15, 0.2) is 29.2 Å². The largest absolute Gasteiger partial charge is 0.744 e. The van der Waals surface area contributed by atoms with Crippen LogP contribution in [-0.4, -0.2) is 45.1 Å². The number of unbranched alkanes of at least 4 members (excludes halogenated alkanes) is 15. The first-order chi connectivity index (χ1) is 15.6. The van der Waals surface area contributed by atoms with Gasteiger partial charge in [0.15, 0.2) is 0 Å². The molecule has 0 fully saturated rings. The quantitative estimate of drug-likeness (QED) is 0.121. The van der Waals surface area contributed by atoms with Crippen LogP contribution >= 0.6 is 0 Å². The lowest BCUT2D eigenvalue weighted by atomic mass is 10.0. The molecule has 0 radical (unpaired) electrons. The van der Waals surface area contributed by atoms with Crippen LogP contribution in [0, 0.1) is 5.82 Å². The Labute approximate surface area is 204 Å². The molecule has 1 aromatic carbocycles. The van der Waals surface area contributed by atoms with E-state index in [1.165, 1.54) is 109 Å². The van der Waals surface area contributed by atoms with Crippen molar-refractivity contribution in [3.05, 3.63) is 30.1 Å². The van der Waals surface area contributed by atoms with Gasteiger partial charge >= 0.3 is 0 Å². The lowest BCUT2D eigenvalue weighted by Gasteiger charge is -2.23. The van der Waals surface area contributed by atoms with Crippen LogP contribution in [0.1, 0.15) is 110 Å². The minimum atomic E-state index is -4.44. The van der Waals surface area contributed by atoms with Crippen molar-refractivity contribution in [3.63, 3.8) is 0 Å². The average molecular weight is 488 g/mol. The van der Waals surface area contributed by atoms with Gasteiger partial charge in [0.1, 0.15) is 15.9 Å². The SMILES string of the molecule is CCCCCCCCCCCCCCCCCC[N+](C)(C)C.O=S(=O)([O-])c1ccc(F)cc1. The van der Waals surface area contributed by atoms with E-state index in [2.05, 4.69) is 28.1 Å². The van der Waals surface area contributed by atoms with Gasteiger partial charge in [0.2, 0.25) is 0 Å². The molecule has 0 saturated heterocycles. The maximum absolute atomic E-state index is 12.2. The van der Waals surface area contributed by atoms with Crippen LogP contribution < -0.4 is 0 Å². The van der Waals surface area contributed by atoms with Gasteiger partial charge in [0.05, 0.1) is 32.6 Å². The number of halogens is 1. The predicted molar refractivity (Wildman–Crippen MR) is 137 cm³/mol. The highest BCUT2D eigenvalue weighted by atomic mass is 32.2. The summed E-state index contributed by atoms with van der Waals surface area (Å²) in [5.74, 6) is -0.572. The third kappa shape index (κ3) is 22.6. The van der Waals surface area contributed by atoms with E-state index in [-0.39, 0.29) is 0 Å². The zero-order valence-electron chi connectivity index (χ0n) is 21.8. The first kappa shape index (κ1) is 32.0. The highest BCUT2D eigenvalue weighted by molar-refractivity contribution is 7.85. The molecule has 194 valence electrons. The summed E-state index contributed by atoms with van der Waals surface area (Å²) in [5.41, 5.74) is 0. The summed E-state index contributed by atoms with van der Waals surface area (Å²) in [7, 11) is 2.45. The van der Waals surface area contributed by atoms with Crippen molar-refractivity contribution in [1.29, 1.82) is 0 Å². The first-order valence-corrected chi connectivity index (χ1v) is 14.5. The van der Waals surface area contributed by atoms with E-state index in [9.17, 15) is 17.4 Å². The van der Waals surface area contributed by atoms with Gasteiger partial charge in [0.25, 0.3) is 0 Å². The molecule has 1 rings (SSSR count). The molecule has 0 amide bonds. The van der Waals surface area contributed by atoms with Crippen LogP contribution in [0.3, 0.4) is 0 Å². The molecule has 0 bridgehead atoms. The molecule has 0 heterocycles. The molecule has 0 aliphatic rings. The Bertz CT molecular complexity index is 670. The Morgan fingerprint density at radius 1 is 0.667 bits per heavy atom. The molecule has 0 saturated carbocycles. The van der Waals surface area contributed by atoms with Crippen molar-refractivity contribution < 1.29 is 21.8 Å². The van der Waals surface area contributed by atoms with Gasteiger partial charge in [-0.25, -0.2) is 12.8 Å². The van der Waals surface area contributed by atoms with Crippen LogP contribution in [0.5, 0.6) is 0 Å². The number of hydrogen-bond donors (Lipinski definition) is 0. The van der Waals surface area contributed by atoms with E-state index in [1.807, 2.05) is 0 Å². The van der Waals surface area contributed by atoms with Gasteiger partial charge in [-0.2, -0.15) is 0 Å². The first-order valence-electron chi connectivity index (χ1n) is 13.1. The van der Waals surface area contributed by atoms with Crippen molar-refractivity contribution in [2.75, 3.05) is 27.7 Å². The minimum Gasteiger partial charge on any atom is -0.744 e. The fourth-order valence-electron chi connectivity index (χ4n) is 3.74. The average Bonchev–Trinajstić information content (AvgIpc) is 2.73. The molecule has 4 nitrogen and oxygen atoms in total. The molecule has 0 aliphatic carbocycles. The molecular formula is C27H50FNO3S. The summed E-state index contributed by atoms with van der Waals surface area (Å²) in [6.07, 6.45) is 23.4. The number of rotatable bonds is 18. The van der Waals surface area contributed by atoms with E-state index >= 15 is 0 Å². The summed E-state index contributed by atoms with van der Waals surface area (Å²) < 4.78 is 44.1. The number of hydrogen-bond acceptors (Lipinski definition) is 3.